The molecule has 0 radical (unpaired) electrons. The number of hydrogen-bond donors (Lipinski definition) is 0. The van der Waals surface area contributed by atoms with Crippen LogP contribution in [0.1, 0.15) is 22.4 Å². The zero-order valence-electron chi connectivity index (χ0n) is 16.6. The van der Waals surface area contributed by atoms with Gasteiger partial charge in [-0.1, -0.05) is 36.4 Å². The van der Waals surface area contributed by atoms with Crippen LogP contribution in [0.3, 0.4) is 0 Å². The molecule has 31 heavy (non-hydrogen) atoms. The second-order valence-electron chi connectivity index (χ2n) is 8.49. The first-order valence-electron chi connectivity index (χ1n) is 10.6. The molecule has 2 aliphatic rings. The van der Waals surface area contributed by atoms with Crippen LogP contribution in [0.15, 0.2) is 73.2 Å². The van der Waals surface area contributed by atoms with Crippen LogP contribution in [0, 0.1) is 0 Å². The van der Waals surface area contributed by atoms with Gasteiger partial charge in [-0.25, -0.2) is 9.97 Å². The molecule has 144 valence electrons. The number of hydrogen-bond acceptors (Lipinski definition) is 3. The topological polar surface area (TPSA) is 43.1 Å². The van der Waals surface area contributed by atoms with Crippen molar-refractivity contribution >= 4 is 27.5 Å². The van der Waals surface area contributed by atoms with Crippen LogP contribution in [0.2, 0.25) is 0 Å². The summed E-state index contributed by atoms with van der Waals surface area (Å²) < 4.78 is 2.26. The number of pyridine rings is 3. The van der Waals surface area contributed by atoms with E-state index in [9.17, 15) is 0 Å². The predicted octanol–water partition coefficient (Wildman–Crippen LogP) is 5.57. The summed E-state index contributed by atoms with van der Waals surface area (Å²) in [5.74, 6) is 0. The van der Waals surface area contributed by atoms with Gasteiger partial charge in [0.25, 0.3) is 0 Å². The fourth-order valence-corrected chi connectivity index (χ4v) is 5.71. The molecule has 0 amide bonds. The van der Waals surface area contributed by atoms with E-state index in [-0.39, 0.29) is 0 Å². The van der Waals surface area contributed by atoms with Gasteiger partial charge >= 0.3 is 0 Å². The molecule has 2 aliphatic carbocycles. The molecule has 0 aliphatic heterocycles. The summed E-state index contributed by atoms with van der Waals surface area (Å²) in [6.07, 6.45) is 7.53. The van der Waals surface area contributed by atoms with Gasteiger partial charge in [-0.05, 0) is 57.8 Å². The maximum Gasteiger partial charge on any atom is 0.148 e. The van der Waals surface area contributed by atoms with E-state index in [0.29, 0.717) is 0 Å². The Balaban J connectivity index is 1.49. The van der Waals surface area contributed by atoms with Gasteiger partial charge in [0.2, 0.25) is 0 Å². The van der Waals surface area contributed by atoms with E-state index in [0.717, 1.165) is 46.0 Å². The second-order valence-corrected chi connectivity index (χ2v) is 8.49. The Labute approximate surface area is 177 Å². The van der Waals surface area contributed by atoms with Crippen LogP contribution < -0.4 is 0 Å². The van der Waals surface area contributed by atoms with Gasteiger partial charge in [0.15, 0.2) is 0 Å². The summed E-state index contributed by atoms with van der Waals surface area (Å²) in [6, 6.07) is 19.6. The molecule has 4 nitrogen and oxygen atoms in total. The largest absolute Gasteiger partial charge is 0.275 e. The Morgan fingerprint density at radius 1 is 0.677 bits per heavy atom. The van der Waals surface area contributed by atoms with Crippen molar-refractivity contribution in [2.45, 2.75) is 12.8 Å². The third-order valence-electron chi connectivity index (χ3n) is 7.01. The number of aromatic nitrogens is 4. The maximum absolute atomic E-state index is 5.14. The van der Waals surface area contributed by atoms with Gasteiger partial charge in [-0.2, -0.15) is 0 Å². The van der Waals surface area contributed by atoms with Crippen LogP contribution in [0.4, 0.5) is 0 Å². The number of rotatable bonds is 0. The van der Waals surface area contributed by atoms with Crippen molar-refractivity contribution in [3.63, 3.8) is 0 Å². The summed E-state index contributed by atoms with van der Waals surface area (Å²) in [7, 11) is 0. The minimum atomic E-state index is 0.875. The Bertz CT molecular complexity index is 1740. The molecule has 2 aromatic carbocycles. The van der Waals surface area contributed by atoms with Gasteiger partial charge in [0.1, 0.15) is 11.3 Å². The lowest BCUT2D eigenvalue weighted by atomic mass is 9.97. The molecular weight excluding hydrogens is 380 g/mol. The minimum absolute atomic E-state index is 0.875. The van der Waals surface area contributed by atoms with Crippen LogP contribution in [-0.4, -0.2) is 19.4 Å². The van der Waals surface area contributed by atoms with Crippen molar-refractivity contribution in [3.05, 3.63) is 95.6 Å². The summed E-state index contributed by atoms with van der Waals surface area (Å²) in [5, 5.41) is 3.36. The number of fused-ring (bicyclic) bond motifs is 14. The minimum Gasteiger partial charge on any atom is -0.275 e. The fraction of sp³-hybridized carbons (Fsp3) is 0.0741. The normalized spacial score (nSPS) is 13.5. The van der Waals surface area contributed by atoms with Crippen LogP contribution in [0.5, 0.6) is 0 Å². The van der Waals surface area contributed by atoms with Gasteiger partial charge in [0.05, 0.1) is 11.4 Å². The van der Waals surface area contributed by atoms with E-state index in [4.69, 9.17) is 9.97 Å². The molecule has 0 saturated carbocycles. The van der Waals surface area contributed by atoms with Crippen LogP contribution >= 0.6 is 0 Å². The Kier molecular flexibility index (Phi) is 2.72. The van der Waals surface area contributed by atoms with Crippen LogP contribution in [-0.2, 0) is 12.8 Å². The highest BCUT2D eigenvalue weighted by Crippen LogP contribution is 2.47. The van der Waals surface area contributed by atoms with Crippen molar-refractivity contribution in [2.24, 2.45) is 0 Å². The smallest absolute Gasteiger partial charge is 0.148 e. The van der Waals surface area contributed by atoms with Gasteiger partial charge in [0, 0.05) is 41.3 Å². The molecule has 6 aromatic rings. The Morgan fingerprint density at radius 3 is 2.58 bits per heavy atom. The highest BCUT2D eigenvalue weighted by atomic mass is 15.1. The lowest BCUT2D eigenvalue weighted by Crippen LogP contribution is -1.97. The quantitative estimate of drug-likeness (QED) is 0.315. The average molecular weight is 396 g/mol. The molecule has 4 heterocycles. The van der Waals surface area contributed by atoms with Gasteiger partial charge in [-0.3, -0.25) is 9.38 Å². The van der Waals surface area contributed by atoms with Crippen molar-refractivity contribution < 1.29 is 0 Å². The molecule has 0 atom stereocenters. The van der Waals surface area contributed by atoms with Crippen LogP contribution in [0.25, 0.3) is 49.8 Å². The standard InChI is InChI=1S/C27H16N4/c1-2-5-16-15(4-1)12-21-17(16)7-8-19-22(21)13-24-25(19)31-26-20(6-3-10-29-26)18-9-11-28-14-23(18)27(31)30-24/h1-11,14H,12-13H2. The highest BCUT2D eigenvalue weighted by Gasteiger charge is 2.32. The Hall–Kier alpha value is -4.05. The zero-order chi connectivity index (χ0) is 20.1. The first kappa shape index (κ1) is 15.7. The maximum atomic E-state index is 5.14. The fourth-order valence-electron chi connectivity index (χ4n) is 5.71. The monoisotopic (exact) mass is 396 g/mol. The van der Waals surface area contributed by atoms with Gasteiger partial charge in [-0.15, -0.1) is 0 Å². The van der Waals surface area contributed by atoms with E-state index in [1.165, 1.54) is 39.1 Å². The third kappa shape index (κ3) is 1.84. The molecular formula is C27H16N4. The number of benzene rings is 2. The molecule has 0 saturated heterocycles. The number of nitrogens with zero attached hydrogens (tertiary/aromatic N) is 4. The number of imidazole rings is 1. The van der Waals surface area contributed by atoms with E-state index in [1.807, 2.05) is 24.7 Å². The summed E-state index contributed by atoms with van der Waals surface area (Å²) in [5.41, 5.74) is 12.6. The van der Waals surface area contributed by atoms with Crippen molar-refractivity contribution in [3.8, 4) is 22.4 Å². The third-order valence-corrected chi connectivity index (χ3v) is 7.01. The molecule has 0 spiro atoms. The molecule has 0 bridgehead atoms. The molecule has 4 aromatic heterocycles. The van der Waals surface area contributed by atoms with Gasteiger partial charge < -0.3 is 0 Å². The van der Waals surface area contributed by atoms with Crippen molar-refractivity contribution in [1.29, 1.82) is 0 Å². The first-order chi connectivity index (χ1) is 15.4. The van der Waals surface area contributed by atoms with E-state index in [2.05, 4.69) is 57.9 Å². The molecule has 0 N–H and O–H groups in total. The first-order valence-corrected chi connectivity index (χ1v) is 10.6. The molecule has 0 unspecified atom stereocenters. The lowest BCUT2D eigenvalue weighted by molar-refractivity contribution is 1.12. The molecule has 4 heteroatoms. The summed E-state index contributed by atoms with van der Waals surface area (Å²) in [6.45, 7) is 0. The Morgan fingerprint density at radius 2 is 1.58 bits per heavy atom. The van der Waals surface area contributed by atoms with Crippen molar-refractivity contribution in [1.82, 2.24) is 19.4 Å². The highest BCUT2D eigenvalue weighted by molar-refractivity contribution is 6.11. The second kappa shape index (κ2) is 5.35. The summed E-state index contributed by atoms with van der Waals surface area (Å²) >= 11 is 0. The van der Waals surface area contributed by atoms with E-state index >= 15 is 0 Å². The molecule has 0 fully saturated rings. The zero-order valence-corrected chi connectivity index (χ0v) is 16.6. The molecule has 8 rings (SSSR count). The summed E-state index contributed by atoms with van der Waals surface area (Å²) in [4.78, 5) is 14.3. The average Bonchev–Trinajstić information content (AvgIpc) is 3.48. The van der Waals surface area contributed by atoms with E-state index in [1.54, 1.807) is 0 Å². The van der Waals surface area contributed by atoms with Crippen molar-refractivity contribution in [2.75, 3.05) is 0 Å². The predicted molar refractivity (Wildman–Crippen MR) is 122 cm³/mol. The van der Waals surface area contributed by atoms with E-state index < -0.39 is 0 Å². The SMILES string of the molecule is c1ccc2c(c1)Cc1c-2ccc2c1Cc1nc3c4cnccc4c4cccnc4n3c1-2. The lowest BCUT2D eigenvalue weighted by Gasteiger charge is -2.11.